The van der Waals surface area contributed by atoms with Crippen molar-refractivity contribution >= 4 is 17.7 Å². The number of carbonyl (C=O) groups excluding carboxylic acids is 3. The quantitative estimate of drug-likeness (QED) is 0.652. The Morgan fingerprint density at radius 3 is 2.25 bits per heavy atom. The second-order valence-corrected chi connectivity index (χ2v) is 4.12. The standard InChI is InChI=1S/C13H14N2O4.CH4/c1-9(16)14-7-4-8-19-15-12(17)10-5-2-3-6-11(10)13(15)18;/h2-3,5-6H,4,7-8H2,1H3,(H,14,16);1H4. The fourth-order valence-corrected chi connectivity index (χ4v) is 1.78. The smallest absolute Gasteiger partial charge is 0.285 e. The van der Waals surface area contributed by atoms with Gasteiger partial charge in [-0.1, -0.05) is 19.6 Å². The molecule has 6 nitrogen and oxygen atoms in total. The summed E-state index contributed by atoms with van der Waals surface area (Å²) in [5, 5.41) is 3.38. The Morgan fingerprint density at radius 2 is 1.75 bits per heavy atom. The van der Waals surface area contributed by atoms with Gasteiger partial charge in [0.1, 0.15) is 0 Å². The molecule has 20 heavy (non-hydrogen) atoms. The zero-order valence-electron chi connectivity index (χ0n) is 10.5. The van der Waals surface area contributed by atoms with Crippen molar-refractivity contribution in [3.05, 3.63) is 35.4 Å². The number of imide groups is 1. The number of nitrogens with zero attached hydrogens (tertiary/aromatic N) is 1. The van der Waals surface area contributed by atoms with Crippen LogP contribution in [0, 0.1) is 0 Å². The van der Waals surface area contributed by atoms with E-state index in [-0.39, 0.29) is 19.9 Å². The number of benzene rings is 1. The summed E-state index contributed by atoms with van der Waals surface area (Å²) in [5.74, 6) is -1.01. The largest absolute Gasteiger partial charge is 0.356 e. The molecule has 108 valence electrons. The molecule has 0 fully saturated rings. The lowest BCUT2D eigenvalue weighted by molar-refractivity contribution is -0.119. The average Bonchev–Trinajstić information content (AvgIpc) is 2.63. The van der Waals surface area contributed by atoms with Crippen LogP contribution < -0.4 is 5.32 Å². The summed E-state index contributed by atoms with van der Waals surface area (Å²) >= 11 is 0. The van der Waals surface area contributed by atoms with E-state index in [2.05, 4.69) is 5.32 Å². The van der Waals surface area contributed by atoms with Crippen molar-refractivity contribution in [2.24, 2.45) is 0 Å². The summed E-state index contributed by atoms with van der Waals surface area (Å²) in [5.41, 5.74) is 0.712. The van der Waals surface area contributed by atoms with Gasteiger partial charge in [0, 0.05) is 13.5 Å². The second kappa shape index (κ2) is 6.81. The highest BCUT2D eigenvalue weighted by Gasteiger charge is 2.36. The van der Waals surface area contributed by atoms with Crippen molar-refractivity contribution in [3.8, 4) is 0 Å². The van der Waals surface area contributed by atoms with Gasteiger partial charge in [0.05, 0.1) is 17.7 Å². The molecule has 0 aliphatic carbocycles. The van der Waals surface area contributed by atoms with E-state index in [1.54, 1.807) is 24.3 Å². The minimum atomic E-state index is -0.444. The topological polar surface area (TPSA) is 75.7 Å². The molecule has 1 aromatic carbocycles. The molecule has 0 spiro atoms. The summed E-state index contributed by atoms with van der Waals surface area (Å²) in [4.78, 5) is 39.6. The van der Waals surface area contributed by atoms with Crippen LogP contribution in [0.4, 0.5) is 0 Å². The molecule has 1 aliphatic heterocycles. The van der Waals surface area contributed by atoms with E-state index in [0.29, 0.717) is 24.1 Å². The first-order valence-electron chi connectivity index (χ1n) is 5.96. The molecule has 0 unspecified atom stereocenters. The van der Waals surface area contributed by atoms with Crippen LogP contribution >= 0.6 is 0 Å². The monoisotopic (exact) mass is 278 g/mol. The molecule has 0 saturated heterocycles. The van der Waals surface area contributed by atoms with Gasteiger partial charge in [0.15, 0.2) is 0 Å². The second-order valence-electron chi connectivity index (χ2n) is 4.12. The molecule has 1 N–H and O–H groups in total. The number of nitrogens with one attached hydrogen (secondary N) is 1. The van der Waals surface area contributed by atoms with Crippen LogP contribution in [0.2, 0.25) is 0 Å². The molecular formula is C14H18N2O4. The Labute approximate surface area is 117 Å². The van der Waals surface area contributed by atoms with E-state index >= 15 is 0 Å². The van der Waals surface area contributed by atoms with Gasteiger partial charge in [-0.2, -0.15) is 0 Å². The van der Waals surface area contributed by atoms with Crippen LogP contribution in [0.3, 0.4) is 0 Å². The molecule has 0 atom stereocenters. The maximum Gasteiger partial charge on any atom is 0.285 e. The van der Waals surface area contributed by atoms with Crippen LogP contribution in [0.5, 0.6) is 0 Å². The van der Waals surface area contributed by atoms with Crippen LogP contribution in [0.15, 0.2) is 24.3 Å². The lowest BCUT2D eigenvalue weighted by Crippen LogP contribution is -2.31. The maximum atomic E-state index is 11.9. The molecule has 2 rings (SSSR count). The van der Waals surface area contributed by atoms with Crippen LogP contribution in [-0.4, -0.2) is 35.9 Å². The van der Waals surface area contributed by atoms with E-state index in [1.165, 1.54) is 6.92 Å². The Balaban J connectivity index is 0.00000200. The Morgan fingerprint density at radius 1 is 1.20 bits per heavy atom. The molecule has 0 saturated carbocycles. The minimum Gasteiger partial charge on any atom is -0.356 e. The fraction of sp³-hybridized carbons (Fsp3) is 0.357. The highest BCUT2D eigenvalue weighted by Crippen LogP contribution is 2.22. The molecule has 0 bridgehead atoms. The number of hydrogen-bond acceptors (Lipinski definition) is 4. The zero-order valence-corrected chi connectivity index (χ0v) is 10.5. The SMILES string of the molecule is C.CC(=O)NCCCON1C(=O)c2ccccc2C1=O. The molecule has 3 amide bonds. The first kappa shape index (κ1) is 15.8. The van der Waals surface area contributed by atoms with Crippen molar-refractivity contribution in [1.82, 2.24) is 10.4 Å². The summed E-state index contributed by atoms with van der Waals surface area (Å²) in [6, 6.07) is 6.58. The van der Waals surface area contributed by atoms with E-state index in [0.717, 1.165) is 5.06 Å². The van der Waals surface area contributed by atoms with Crippen molar-refractivity contribution in [2.45, 2.75) is 20.8 Å². The van der Waals surface area contributed by atoms with Gasteiger partial charge in [0.2, 0.25) is 5.91 Å². The first-order valence-corrected chi connectivity index (χ1v) is 5.96. The number of hydrogen-bond donors (Lipinski definition) is 1. The van der Waals surface area contributed by atoms with Crippen molar-refractivity contribution in [1.29, 1.82) is 0 Å². The Kier molecular flexibility index (Phi) is 5.40. The molecule has 1 aliphatic rings. The molecular weight excluding hydrogens is 260 g/mol. The predicted molar refractivity (Wildman–Crippen MR) is 72.9 cm³/mol. The molecule has 6 heteroatoms. The van der Waals surface area contributed by atoms with Crippen LogP contribution in [0.25, 0.3) is 0 Å². The molecule has 1 heterocycles. The third-order valence-corrected chi connectivity index (χ3v) is 2.67. The van der Waals surface area contributed by atoms with Gasteiger partial charge in [0.25, 0.3) is 11.8 Å². The summed E-state index contributed by atoms with van der Waals surface area (Å²) in [6.45, 7) is 2.05. The number of rotatable bonds is 5. The van der Waals surface area contributed by atoms with Crippen LogP contribution in [-0.2, 0) is 9.63 Å². The first-order chi connectivity index (χ1) is 9.11. The fourth-order valence-electron chi connectivity index (χ4n) is 1.78. The van der Waals surface area contributed by atoms with E-state index in [4.69, 9.17) is 4.84 Å². The van der Waals surface area contributed by atoms with E-state index in [9.17, 15) is 14.4 Å². The van der Waals surface area contributed by atoms with E-state index < -0.39 is 11.8 Å². The normalized spacial score (nSPS) is 12.9. The lowest BCUT2D eigenvalue weighted by atomic mass is 10.1. The van der Waals surface area contributed by atoms with Gasteiger partial charge in [-0.3, -0.25) is 19.2 Å². The average molecular weight is 278 g/mol. The van der Waals surface area contributed by atoms with Gasteiger partial charge in [-0.05, 0) is 18.6 Å². The predicted octanol–water partition coefficient (Wildman–Crippen LogP) is 1.38. The van der Waals surface area contributed by atoms with Gasteiger partial charge in [-0.25, -0.2) is 0 Å². The van der Waals surface area contributed by atoms with Crippen molar-refractivity contribution in [2.75, 3.05) is 13.2 Å². The number of carbonyl (C=O) groups is 3. The van der Waals surface area contributed by atoms with Crippen LogP contribution in [0.1, 0.15) is 41.5 Å². The minimum absolute atomic E-state index is 0. The molecule has 0 aromatic heterocycles. The number of amides is 3. The summed E-state index contributed by atoms with van der Waals surface area (Å²) in [6.07, 6.45) is 0.521. The third-order valence-electron chi connectivity index (χ3n) is 2.67. The maximum absolute atomic E-state index is 11.9. The van der Waals surface area contributed by atoms with Gasteiger partial charge in [-0.15, -0.1) is 5.06 Å². The summed E-state index contributed by atoms with van der Waals surface area (Å²) < 4.78 is 0. The Bertz CT molecular complexity index is 493. The molecule has 1 aromatic rings. The highest BCUT2D eigenvalue weighted by atomic mass is 16.7. The lowest BCUT2D eigenvalue weighted by Gasteiger charge is -2.13. The Hall–Kier alpha value is -2.21. The summed E-state index contributed by atoms with van der Waals surface area (Å²) in [7, 11) is 0. The zero-order chi connectivity index (χ0) is 13.8. The van der Waals surface area contributed by atoms with Crippen molar-refractivity contribution < 1.29 is 19.2 Å². The van der Waals surface area contributed by atoms with Crippen molar-refractivity contribution in [3.63, 3.8) is 0 Å². The van der Waals surface area contributed by atoms with Gasteiger partial charge < -0.3 is 5.32 Å². The van der Waals surface area contributed by atoms with E-state index in [1.807, 2.05) is 0 Å². The molecule has 0 radical (unpaired) electrons. The number of hydroxylamine groups is 2. The highest BCUT2D eigenvalue weighted by molar-refractivity contribution is 6.20. The third kappa shape index (κ3) is 3.21. The van der Waals surface area contributed by atoms with Gasteiger partial charge >= 0.3 is 0 Å². The number of fused-ring (bicyclic) bond motifs is 1.